The molecule has 3 heteroatoms. The van der Waals surface area contributed by atoms with Crippen LogP contribution in [0.4, 0.5) is 0 Å². The minimum Gasteiger partial charge on any atom is -0.329 e. The molecular weight excluding hydrogens is 246 g/mol. The molecule has 4 rings (SSSR count). The first-order valence-corrected chi connectivity index (χ1v) is 7.73. The molecule has 2 fully saturated rings. The first kappa shape index (κ1) is 12.2. The van der Waals surface area contributed by atoms with E-state index in [-0.39, 0.29) is 0 Å². The fourth-order valence-electron chi connectivity index (χ4n) is 3.51. The van der Waals surface area contributed by atoms with Gasteiger partial charge in [0.05, 0.1) is 12.0 Å². The van der Waals surface area contributed by atoms with Crippen LogP contribution < -0.4 is 5.32 Å². The molecule has 1 saturated heterocycles. The smallest absolute Gasteiger partial charge is 0.0951 e. The van der Waals surface area contributed by atoms with Gasteiger partial charge >= 0.3 is 0 Å². The highest BCUT2D eigenvalue weighted by Crippen LogP contribution is 2.52. The Hall–Kier alpha value is -1.61. The molecule has 1 N–H and O–H groups in total. The van der Waals surface area contributed by atoms with E-state index >= 15 is 0 Å². The van der Waals surface area contributed by atoms with E-state index in [1.165, 1.54) is 36.9 Å². The van der Waals surface area contributed by atoms with Crippen LogP contribution in [-0.2, 0) is 0 Å². The zero-order valence-electron chi connectivity index (χ0n) is 11.7. The largest absolute Gasteiger partial charge is 0.329 e. The van der Waals surface area contributed by atoms with Crippen LogP contribution in [0.2, 0.25) is 0 Å². The van der Waals surface area contributed by atoms with Crippen molar-refractivity contribution < 1.29 is 0 Å². The third kappa shape index (κ3) is 2.16. The van der Waals surface area contributed by atoms with Crippen LogP contribution in [-0.4, -0.2) is 16.1 Å². The molecule has 0 amide bonds. The predicted molar refractivity (Wildman–Crippen MR) is 79.7 cm³/mol. The Morgan fingerprint density at radius 1 is 1.15 bits per heavy atom. The number of piperidine rings is 1. The number of hydrogen-bond donors (Lipinski definition) is 1. The number of rotatable bonds is 3. The number of imidazole rings is 1. The lowest BCUT2D eigenvalue weighted by molar-refractivity contribution is 0.393. The normalized spacial score (nSPS) is 29.3. The first-order valence-electron chi connectivity index (χ1n) is 7.73. The molecule has 1 aromatic heterocycles. The second kappa shape index (κ2) is 5.06. The first-order chi connectivity index (χ1) is 9.93. The molecule has 0 spiro atoms. The topological polar surface area (TPSA) is 29.9 Å². The van der Waals surface area contributed by atoms with Crippen LogP contribution in [0, 0.1) is 0 Å². The molecule has 0 radical (unpaired) electrons. The van der Waals surface area contributed by atoms with Crippen LogP contribution in [0.15, 0.2) is 42.9 Å². The van der Waals surface area contributed by atoms with E-state index in [4.69, 9.17) is 0 Å². The standard InChI is InChI=1S/C17H21N3/c1-2-6-13(7-3-1)14-10-16(14)20-12-18-11-17(20)15-8-4-5-9-19-15/h1-3,6-7,11-12,14-16,19H,4-5,8-10H2. The molecule has 1 aliphatic heterocycles. The Bertz CT molecular complexity index is 569. The maximum absolute atomic E-state index is 4.41. The summed E-state index contributed by atoms with van der Waals surface area (Å²) in [7, 11) is 0. The van der Waals surface area contributed by atoms with E-state index in [0.29, 0.717) is 18.0 Å². The summed E-state index contributed by atoms with van der Waals surface area (Å²) in [6, 6.07) is 12.0. The fraction of sp³-hybridized carbons (Fsp3) is 0.471. The van der Waals surface area contributed by atoms with Gasteiger partial charge in [0.2, 0.25) is 0 Å². The number of hydrogen-bond acceptors (Lipinski definition) is 2. The molecule has 20 heavy (non-hydrogen) atoms. The van der Waals surface area contributed by atoms with Crippen molar-refractivity contribution in [2.24, 2.45) is 0 Å². The van der Waals surface area contributed by atoms with Crippen LogP contribution >= 0.6 is 0 Å². The van der Waals surface area contributed by atoms with Gasteiger partial charge in [-0.1, -0.05) is 36.8 Å². The maximum Gasteiger partial charge on any atom is 0.0951 e. The summed E-state index contributed by atoms with van der Waals surface area (Å²) in [6.45, 7) is 1.14. The highest BCUT2D eigenvalue weighted by molar-refractivity contribution is 5.28. The van der Waals surface area contributed by atoms with Gasteiger partial charge < -0.3 is 9.88 Å². The lowest BCUT2D eigenvalue weighted by Gasteiger charge is -2.24. The van der Waals surface area contributed by atoms with Gasteiger partial charge in [-0.05, 0) is 31.4 Å². The van der Waals surface area contributed by atoms with Gasteiger partial charge in [-0.2, -0.15) is 0 Å². The molecule has 2 aromatic rings. The van der Waals surface area contributed by atoms with Crippen molar-refractivity contribution in [1.82, 2.24) is 14.9 Å². The number of benzene rings is 1. The van der Waals surface area contributed by atoms with Gasteiger partial charge in [0, 0.05) is 24.2 Å². The van der Waals surface area contributed by atoms with Crippen molar-refractivity contribution >= 4 is 0 Å². The minimum absolute atomic E-state index is 0.503. The van der Waals surface area contributed by atoms with Crippen molar-refractivity contribution in [3.05, 3.63) is 54.1 Å². The molecular formula is C17H21N3. The van der Waals surface area contributed by atoms with Crippen LogP contribution in [0.25, 0.3) is 0 Å². The van der Waals surface area contributed by atoms with Crippen LogP contribution in [0.5, 0.6) is 0 Å². The lowest BCUT2D eigenvalue weighted by Crippen LogP contribution is -2.28. The van der Waals surface area contributed by atoms with E-state index in [0.717, 1.165) is 6.54 Å². The second-order valence-electron chi connectivity index (χ2n) is 6.05. The Morgan fingerprint density at radius 2 is 2.05 bits per heavy atom. The third-order valence-electron chi connectivity index (χ3n) is 4.71. The second-order valence-corrected chi connectivity index (χ2v) is 6.05. The average molecular weight is 267 g/mol. The maximum atomic E-state index is 4.41. The zero-order valence-corrected chi connectivity index (χ0v) is 11.7. The molecule has 3 atom stereocenters. The van der Waals surface area contributed by atoms with Gasteiger partial charge in [0.25, 0.3) is 0 Å². The summed E-state index contributed by atoms with van der Waals surface area (Å²) in [5, 5.41) is 3.64. The summed E-state index contributed by atoms with van der Waals surface area (Å²) in [5.74, 6) is 0.674. The molecule has 3 unspecified atom stereocenters. The molecule has 104 valence electrons. The van der Waals surface area contributed by atoms with Gasteiger partial charge in [-0.15, -0.1) is 0 Å². The molecule has 2 heterocycles. The number of aromatic nitrogens is 2. The van der Waals surface area contributed by atoms with Crippen molar-refractivity contribution in [3.8, 4) is 0 Å². The fourth-order valence-corrected chi connectivity index (χ4v) is 3.51. The third-order valence-corrected chi connectivity index (χ3v) is 4.71. The summed E-state index contributed by atoms with van der Waals surface area (Å²) >= 11 is 0. The summed E-state index contributed by atoms with van der Waals surface area (Å²) in [4.78, 5) is 4.41. The number of nitrogens with one attached hydrogen (secondary N) is 1. The van der Waals surface area contributed by atoms with Crippen molar-refractivity contribution in [2.75, 3.05) is 6.54 Å². The summed E-state index contributed by atoms with van der Waals surface area (Å²) in [5.41, 5.74) is 2.85. The van der Waals surface area contributed by atoms with Crippen molar-refractivity contribution in [3.63, 3.8) is 0 Å². The predicted octanol–water partition coefficient (Wildman–Crippen LogP) is 3.43. The quantitative estimate of drug-likeness (QED) is 0.923. The molecule has 0 bridgehead atoms. The zero-order chi connectivity index (χ0) is 13.4. The van der Waals surface area contributed by atoms with E-state index in [2.05, 4.69) is 51.4 Å². The number of nitrogens with zero attached hydrogens (tertiary/aromatic N) is 2. The van der Waals surface area contributed by atoms with E-state index < -0.39 is 0 Å². The van der Waals surface area contributed by atoms with Gasteiger partial charge in [0.15, 0.2) is 0 Å². The SMILES string of the molecule is c1ccc(C2CC2n2cncc2C2CCCCN2)cc1. The highest BCUT2D eigenvalue weighted by Gasteiger charge is 2.41. The molecule has 2 aliphatic rings. The van der Waals surface area contributed by atoms with Crippen molar-refractivity contribution in [1.29, 1.82) is 0 Å². The minimum atomic E-state index is 0.503. The summed E-state index contributed by atoms with van der Waals surface area (Å²) in [6.07, 6.45) is 9.22. The van der Waals surface area contributed by atoms with Gasteiger partial charge in [-0.25, -0.2) is 4.98 Å². The van der Waals surface area contributed by atoms with E-state index in [9.17, 15) is 0 Å². The highest BCUT2D eigenvalue weighted by atomic mass is 15.1. The van der Waals surface area contributed by atoms with Gasteiger partial charge in [0.1, 0.15) is 0 Å². The van der Waals surface area contributed by atoms with Crippen LogP contribution in [0.1, 0.15) is 54.9 Å². The average Bonchev–Trinajstić information content (AvgIpc) is 3.17. The van der Waals surface area contributed by atoms with E-state index in [1.54, 1.807) is 0 Å². The Balaban J connectivity index is 1.54. The molecule has 3 nitrogen and oxygen atoms in total. The molecule has 1 aromatic carbocycles. The lowest BCUT2D eigenvalue weighted by atomic mass is 10.0. The van der Waals surface area contributed by atoms with Crippen LogP contribution in [0.3, 0.4) is 0 Å². The molecule has 1 aliphatic carbocycles. The van der Waals surface area contributed by atoms with Gasteiger partial charge in [-0.3, -0.25) is 0 Å². The van der Waals surface area contributed by atoms with Crippen molar-refractivity contribution in [2.45, 2.75) is 43.7 Å². The van der Waals surface area contributed by atoms with E-state index in [1.807, 2.05) is 6.33 Å². The molecule has 1 saturated carbocycles. The Labute approximate surface area is 120 Å². The monoisotopic (exact) mass is 267 g/mol. The Kier molecular flexibility index (Phi) is 3.07. The summed E-state index contributed by atoms with van der Waals surface area (Å²) < 4.78 is 2.42. The Morgan fingerprint density at radius 3 is 2.85 bits per heavy atom.